The van der Waals surface area contributed by atoms with Gasteiger partial charge < -0.3 is 10.4 Å². The molecule has 13 heavy (non-hydrogen) atoms. The van der Waals surface area contributed by atoms with Crippen molar-refractivity contribution in [3.63, 3.8) is 0 Å². The minimum atomic E-state index is -1.29. The van der Waals surface area contributed by atoms with E-state index in [9.17, 15) is 19.7 Å². The number of nitro groups is 1. The summed E-state index contributed by atoms with van der Waals surface area (Å²) in [5, 5.41) is 20.4. The number of carboxylic acids is 1. The second-order valence-electron chi connectivity index (χ2n) is 2.11. The van der Waals surface area contributed by atoms with E-state index in [-0.39, 0.29) is 17.7 Å². The van der Waals surface area contributed by atoms with E-state index in [4.69, 9.17) is 5.11 Å². The Hall–Kier alpha value is -1.31. The van der Waals surface area contributed by atoms with E-state index in [1.807, 2.05) is 0 Å². The molecule has 1 amide bonds. The summed E-state index contributed by atoms with van der Waals surface area (Å²) in [5.74, 6) is -2.11. The average molecular weight is 208 g/mol. The number of nitrogens with one attached hydrogen (secondary N) is 1. The molecule has 0 fully saturated rings. The van der Waals surface area contributed by atoms with Crippen LogP contribution >= 0.6 is 11.9 Å². The highest BCUT2D eigenvalue weighted by Gasteiger charge is 2.21. The third-order valence-electron chi connectivity index (χ3n) is 1.02. The maximum Gasteiger partial charge on any atom is 0.327 e. The SMILES string of the molecule is CC(=O)NC(CS[N+](=O)[O-])C(=O)O. The fourth-order valence-electron chi connectivity index (χ4n) is 0.555. The van der Waals surface area contributed by atoms with Crippen molar-refractivity contribution in [1.29, 1.82) is 0 Å². The molecule has 0 radical (unpaired) electrons. The minimum absolute atomic E-state index is 0.236. The van der Waals surface area contributed by atoms with Gasteiger partial charge in [0.15, 0.2) is 0 Å². The number of amides is 1. The highest BCUT2D eigenvalue weighted by Crippen LogP contribution is 2.02. The molecule has 0 aromatic rings. The quantitative estimate of drug-likeness (QED) is 0.358. The summed E-state index contributed by atoms with van der Waals surface area (Å²) in [7, 11) is 0. The van der Waals surface area contributed by atoms with Crippen LogP contribution in [0.3, 0.4) is 0 Å². The molecule has 0 saturated heterocycles. The Balaban J connectivity index is 4.02. The summed E-state index contributed by atoms with van der Waals surface area (Å²) >= 11 is 0.236. The van der Waals surface area contributed by atoms with Crippen LogP contribution in [0.2, 0.25) is 0 Å². The van der Waals surface area contributed by atoms with Crippen LogP contribution in [-0.4, -0.2) is 33.1 Å². The fraction of sp³-hybridized carbons (Fsp3) is 0.600. The van der Waals surface area contributed by atoms with E-state index in [2.05, 4.69) is 5.32 Å². The molecule has 74 valence electrons. The molecule has 0 rings (SSSR count). The Morgan fingerprint density at radius 1 is 1.69 bits per heavy atom. The molecule has 1 unspecified atom stereocenters. The number of aliphatic carboxylic acids is 1. The molecule has 8 heteroatoms. The van der Waals surface area contributed by atoms with Gasteiger partial charge in [-0.2, -0.15) is 0 Å². The van der Waals surface area contributed by atoms with Gasteiger partial charge in [0.1, 0.15) is 10.4 Å². The van der Waals surface area contributed by atoms with Crippen LogP contribution < -0.4 is 5.32 Å². The van der Waals surface area contributed by atoms with Crippen molar-refractivity contribution >= 4 is 23.8 Å². The summed E-state index contributed by atoms with van der Waals surface area (Å²) in [6.45, 7) is 1.15. The zero-order valence-electron chi connectivity index (χ0n) is 6.72. The summed E-state index contributed by atoms with van der Waals surface area (Å²) in [5.41, 5.74) is 0. The number of rotatable bonds is 5. The molecule has 0 aliphatic rings. The predicted molar refractivity (Wildman–Crippen MR) is 44.7 cm³/mol. The van der Waals surface area contributed by atoms with Crippen LogP contribution in [0.4, 0.5) is 0 Å². The molecule has 7 nitrogen and oxygen atoms in total. The van der Waals surface area contributed by atoms with Crippen LogP contribution in [0.1, 0.15) is 6.92 Å². The number of carboxylic acid groups (broad SMARTS) is 1. The topological polar surface area (TPSA) is 110 Å². The summed E-state index contributed by atoms with van der Waals surface area (Å²) < 4.78 is -0.711. The number of hydrogen-bond donors (Lipinski definition) is 2. The van der Waals surface area contributed by atoms with Gasteiger partial charge in [0.25, 0.3) is 0 Å². The molecule has 0 saturated carbocycles. The van der Waals surface area contributed by atoms with Gasteiger partial charge in [0, 0.05) is 6.92 Å². The van der Waals surface area contributed by atoms with Gasteiger partial charge in [-0.25, -0.2) is 4.79 Å². The van der Waals surface area contributed by atoms with Gasteiger partial charge in [0.05, 0.1) is 5.75 Å². The summed E-state index contributed by atoms with van der Waals surface area (Å²) in [6, 6.07) is -1.21. The van der Waals surface area contributed by atoms with Crippen LogP contribution in [0.15, 0.2) is 0 Å². The number of nitrogens with zero attached hydrogens (tertiary/aromatic N) is 1. The number of carbonyl (C=O) groups excluding carboxylic acids is 1. The molecule has 0 aliphatic heterocycles. The van der Waals surface area contributed by atoms with Crippen LogP contribution in [-0.2, 0) is 9.59 Å². The Kier molecular flexibility index (Phi) is 4.82. The number of hydrogen-bond acceptors (Lipinski definition) is 5. The normalized spacial score (nSPS) is 11.8. The first-order valence-electron chi connectivity index (χ1n) is 3.20. The highest BCUT2D eigenvalue weighted by molar-refractivity contribution is 7.93. The van der Waals surface area contributed by atoms with Crippen LogP contribution in [0.5, 0.6) is 0 Å². The van der Waals surface area contributed by atoms with E-state index >= 15 is 0 Å². The Morgan fingerprint density at radius 3 is 2.54 bits per heavy atom. The Morgan fingerprint density at radius 2 is 2.23 bits per heavy atom. The molecule has 0 spiro atoms. The van der Waals surface area contributed by atoms with Gasteiger partial charge in [-0.3, -0.25) is 14.9 Å². The van der Waals surface area contributed by atoms with E-state index in [1.54, 1.807) is 0 Å². The van der Waals surface area contributed by atoms with Gasteiger partial charge in [-0.05, 0) is 0 Å². The van der Waals surface area contributed by atoms with Crippen molar-refractivity contribution < 1.29 is 19.0 Å². The lowest BCUT2D eigenvalue weighted by atomic mass is 10.3. The third kappa shape index (κ3) is 5.91. The van der Waals surface area contributed by atoms with Gasteiger partial charge in [-0.15, -0.1) is 0 Å². The molecular formula is C5H8N2O5S. The fourth-order valence-corrected chi connectivity index (χ4v) is 1.05. The maximum absolute atomic E-state index is 10.4. The van der Waals surface area contributed by atoms with Crippen molar-refractivity contribution in [3.8, 4) is 0 Å². The van der Waals surface area contributed by atoms with E-state index in [0.29, 0.717) is 0 Å². The lowest BCUT2D eigenvalue weighted by molar-refractivity contribution is -0.284. The van der Waals surface area contributed by atoms with Gasteiger partial charge >= 0.3 is 5.97 Å². The van der Waals surface area contributed by atoms with Crippen LogP contribution in [0.25, 0.3) is 0 Å². The monoisotopic (exact) mass is 208 g/mol. The number of carbonyl (C=O) groups is 2. The zero-order chi connectivity index (χ0) is 10.4. The molecule has 1 atom stereocenters. The standard InChI is InChI=1S/C5H8N2O5S/c1-3(8)6-4(5(9)10)2-13-7(11)12/h4H,2H2,1H3,(H,6,8)(H,9,10). The van der Waals surface area contributed by atoms with E-state index < -0.39 is 22.2 Å². The summed E-state index contributed by atoms with van der Waals surface area (Å²) in [6.07, 6.45) is 0. The minimum Gasteiger partial charge on any atom is -0.480 e. The molecular weight excluding hydrogens is 200 g/mol. The van der Waals surface area contributed by atoms with Gasteiger partial charge in [-0.1, -0.05) is 0 Å². The maximum atomic E-state index is 10.4. The zero-order valence-corrected chi connectivity index (χ0v) is 7.54. The molecule has 0 aromatic carbocycles. The lowest BCUT2D eigenvalue weighted by Gasteiger charge is -2.08. The first-order chi connectivity index (χ1) is 5.93. The molecule has 0 bridgehead atoms. The van der Waals surface area contributed by atoms with Crippen molar-refractivity contribution in [2.45, 2.75) is 13.0 Å². The molecule has 0 heterocycles. The van der Waals surface area contributed by atoms with Crippen molar-refractivity contribution in [2.75, 3.05) is 5.75 Å². The van der Waals surface area contributed by atoms with Crippen LogP contribution in [0, 0.1) is 10.1 Å². The predicted octanol–water partition coefficient (Wildman–Crippen LogP) is -0.499. The highest BCUT2D eigenvalue weighted by atomic mass is 32.2. The summed E-state index contributed by atoms with van der Waals surface area (Å²) in [4.78, 5) is 30.7. The van der Waals surface area contributed by atoms with Crippen molar-refractivity contribution in [2.24, 2.45) is 0 Å². The van der Waals surface area contributed by atoms with Crippen molar-refractivity contribution in [1.82, 2.24) is 5.32 Å². The molecule has 0 aliphatic carbocycles. The first kappa shape index (κ1) is 11.7. The van der Waals surface area contributed by atoms with Gasteiger partial charge in [0.2, 0.25) is 17.9 Å². The second-order valence-corrected chi connectivity index (χ2v) is 3.00. The molecule has 0 aromatic heterocycles. The van der Waals surface area contributed by atoms with E-state index in [1.165, 1.54) is 0 Å². The van der Waals surface area contributed by atoms with E-state index in [0.717, 1.165) is 6.92 Å². The Bertz CT molecular complexity index is 231. The molecule has 2 N–H and O–H groups in total. The second kappa shape index (κ2) is 5.36. The lowest BCUT2D eigenvalue weighted by Crippen LogP contribution is -2.41. The third-order valence-corrected chi connectivity index (χ3v) is 1.72. The average Bonchev–Trinajstić information content (AvgIpc) is 1.96. The Labute approximate surface area is 77.8 Å². The van der Waals surface area contributed by atoms with Crippen molar-refractivity contribution in [3.05, 3.63) is 10.1 Å². The smallest absolute Gasteiger partial charge is 0.327 e. The first-order valence-corrected chi connectivity index (χ1v) is 4.15. The largest absolute Gasteiger partial charge is 0.480 e.